The molecule has 1 unspecified atom stereocenters. The van der Waals surface area contributed by atoms with E-state index in [1.54, 1.807) is 0 Å². The van der Waals surface area contributed by atoms with E-state index in [1.807, 2.05) is 7.05 Å². The molecule has 4 heteroatoms. The maximum Gasteiger partial charge on any atom is 0.191 e. The van der Waals surface area contributed by atoms with E-state index in [0.717, 1.165) is 31.5 Å². The molecule has 1 aromatic rings. The van der Waals surface area contributed by atoms with Crippen molar-refractivity contribution in [1.82, 2.24) is 15.5 Å². The fraction of sp³-hybridized carbons (Fsp3) is 0.611. The van der Waals surface area contributed by atoms with E-state index in [4.69, 9.17) is 0 Å². The van der Waals surface area contributed by atoms with E-state index in [1.165, 1.54) is 36.2 Å². The number of nitrogens with zero attached hydrogens (tertiary/aromatic N) is 2. The largest absolute Gasteiger partial charge is 0.356 e. The van der Waals surface area contributed by atoms with Crippen molar-refractivity contribution in [3.05, 3.63) is 34.9 Å². The van der Waals surface area contributed by atoms with Gasteiger partial charge in [-0.2, -0.15) is 0 Å². The van der Waals surface area contributed by atoms with Gasteiger partial charge in [0.2, 0.25) is 0 Å². The average molecular weight is 302 g/mol. The third-order valence-electron chi connectivity index (χ3n) is 4.54. The van der Waals surface area contributed by atoms with Gasteiger partial charge < -0.3 is 15.5 Å². The van der Waals surface area contributed by atoms with Crippen LogP contribution >= 0.6 is 0 Å². The molecule has 1 saturated heterocycles. The Bertz CT molecular complexity index is 510. The highest BCUT2D eigenvalue weighted by atomic mass is 15.2. The summed E-state index contributed by atoms with van der Waals surface area (Å²) in [5, 5.41) is 6.89. The van der Waals surface area contributed by atoms with Gasteiger partial charge in [0.15, 0.2) is 5.96 Å². The first kappa shape index (κ1) is 16.8. The van der Waals surface area contributed by atoms with Gasteiger partial charge in [0, 0.05) is 26.7 Å². The second kappa shape index (κ2) is 8.18. The minimum Gasteiger partial charge on any atom is -0.356 e. The van der Waals surface area contributed by atoms with Crippen LogP contribution in [0.2, 0.25) is 0 Å². The number of aryl methyl sites for hydroxylation is 2. The SMILES string of the molecule is CCN1CCC(CNC(=NC)NCc2ccc(C)cc2C)C1. The first-order valence-electron chi connectivity index (χ1n) is 8.35. The number of aliphatic imine (C=N–C) groups is 1. The molecule has 0 saturated carbocycles. The van der Waals surface area contributed by atoms with E-state index in [2.05, 4.69) is 59.5 Å². The van der Waals surface area contributed by atoms with E-state index >= 15 is 0 Å². The molecule has 22 heavy (non-hydrogen) atoms. The zero-order valence-electron chi connectivity index (χ0n) is 14.4. The summed E-state index contributed by atoms with van der Waals surface area (Å²) in [5.41, 5.74) is 3.97. The van der Waals surface area contributed by atoms with Gasteiger partial charge in [-0.1, -0.05) is 30.7 Å². The van der Waals surface area contributed by atoms with Crippen LogP contribution in [0.4, 0.5) is 0 Å². The molecule has 2 rings (SSSR count). The van der Waals surface area contributed by atoms with Gasteiger partial charge >= 0.3 is 0 Å². The summed E-state index contributed by atoms with van der Waals surface area (Å²) in [4.78, 5) is 6.84. The van der Waals surface area contributed by atoms with Gasteiger partial charge in [0.25, 0.3) is 0 Å². The molecule has 2 N–H and O–H groups in total. The van der Waals surface area contributed by atoms with E-state index < -0.39 is 0 Å². The summed E-state index contributed by atoms with van der Waals surface area (Å²) < 4.78 is 0. The molecular formula is C18H30N4. The lowest BCUT2D eigenvalue weighted by Crippen LogP contribution is -2.40. The number of guanidine groups is 1. The van der Waals surface area contributed by atoms with Crippen molar-refractivity contribution < 1.29 is 0 Å². The summed E-state index contributed by atoms with van der Waals surface area (Å²) in [7, 11) is 1.84. The molecule has 1 aromatic carbocycles. The quantitative estimate of drug-likeness (QED) is 0.648. The van der Waals surface area contributed by atoms with Crippen LogP contribution in [-0.4, -0.2) is 44.1 Å². The summed E-state index contributed by atoms with van der Waals surface area (Å²) in [6.45, 7) is 12.0. The van der Waals surface area contributed by atoms with Crippen molar-refractivity contribution in [1.29, 1.82) is 0 Å². The highest BCUT2D eigenvalue weighted by molar-refractivity contribution is 5.79. The van der Waals surface area contributed by atoms with E-state index in [-0.39, 0.29) is 0 Å². The number of hydrogen-bond acceptors (Lipinski definition) is 2. The minimum atomic E-state index is 0.736. The molecule has 122 valence electrons. The van der Waals surface area contributed by atoms with Gasteiger partial charge in [-0.05, 0) is 50.4 Å². The molecule has 1 atom stereocenters. The normalized spacial score (nSPS) is 19.5. The highest BCUT2D eigenvalue weighted by Crippen LogP contribution is 2.14. The lowest BCUT2D eigenvalue weighted by molar-refractivity contribution is 0.342. The van der Waals surface area contributed by atoms with Crippen LogP contribution in [0.25, 0.3) is 0 Å². The van der Waals surface area contributed by atoms with Crippen molar-refractivity contribution in [3.8, 4) is 0 Å². The van der Waals surface area contributed by atoms with Gasteiger partial charge in [-0.15, -0.1) is 0 Å². The smallest absolute Gasteiger partial charge is 0.191 e. The molecule has 1 aliphatic heterocycles. The molecule has 0 amide bonds. The second-order valence-corrected chi connectivity index (χ2v) is 6.28. The fourth-order valence-electron chi connectivity index (χ4n) is 3.05. The highest BCUT2D eigenvalue weighted by Gasteiger charge is 2.20. The lowest BCUT2D eigenvalue weighted by atomic mass is 10.1. The molecule has 0 aliphatic carbocycles. The van der Waals surface area contributed by atoms with E-state index in [0.29, 0.717) is 0 Å². The molecule has 1 heterocycles. The predicted octanol–water partition coefficient (Wildman–Crippen LogP) is 2.31. The van der Waals surface area contributed by atoms with Crippen molar-refractivity contribution in [3.63, 3.8) is 0 Å². The number of likely N-dealkylation sites (tertiary alicyclic amines) is 1. The second-order valence-electron chi connectivity index (χ2n) is 6.28. The Balaban J connectivity index is 1.78. The van der Waals surface area contributed by atoms with Gasteiger partial charge in [-0.25, -0.2) is 0 Å². The third-order valence-corrected chi connectivity index (χ3v) is 4.54. The molecular weight excluding hydrogens is 272 g/mol. The van der Waals surface area contributed by atoms with Crippen molar-refractivity contribution in [2.45, 2.75) is 33.7 Å². The summed E-state index contributed by atoms with van der Waals surface area (Å²) in [6, 6.07) is 6.59. The van der Waals surface area contributed by atoms with Crippen LogP contribution in [-0.2, 0) is 6.54 Å². The molecule has 1 aliphatic rings. The van der Waals surface area contributed by atoms with Crippen molar-refractivity contribution >= 4 is 5.96 Å². The first-order valence-corrected chi connectivity index (χ1v) is 8.35. The molecule has 1 fully saturated rings. The molecule has 0 aromatic heterocycles. The van der Waals surface area contributed by atoms with Gasteiger partial charge in [0.05, 0.1) is 0 Å². The molecule has 0 spiro atoms. The van der Waals surface area contributed by atoms with Crippen LogP contribution in [0.5, 0.6) is 0 Å². The summed E-state index contributed by atoms with van der Waals surface area (Å²) in [6.07, 6.45) is 1.29. The maximum absolute atomic E-state index is 4.33. The zero-order chi connectivity index (χ0) is 15.9. The first-order chi connectivity index (χ1) is 10.6. The Morgan fingerprint density at radius 1 is 1.32 bits per heavy atom. The van der Waals surface area contributed by atoms with Crippen LogP contribution < -0.4 is 10.6 Å². The Hall–Kier alpha value is -1.55. The maximum atomic E-state index is 4.33. The molecule has 0 radical (unpaired) electrons. The Kier molecular flexibility index (Phi) is 6.25. The minimum absolute atomic E-state index is 0.736. The molecule has 0 bridgehead atoms. The Morgan fingerprint density at radius 3 is 2.77 bits per heavy atom. The number of rotatable bonds is 5. The number of hydrogen-bond donors (Lipinski definition) is 2. The number of benzene rings is 1. The Labute approximate surface area is 135 Å². The van der Waals surface area contributed by atoms with Crippen molar-refractivity contribution in [2.24, 2.45) is 10.9 Å². The lowest BCUT2D eigenvalue weighted by Gasteiger charge is -2.17. The monoisotopic (exact) mass is 302 g/mol. The predicted molar refractivity (Wildman–Crippen MR) is 94.3 cm³/mol. The van der Waals surface area contributed by atoms with Gasteiger partial charge in [0.1, 0.15) is 0 Å². The number of nitrogens with one attached hydrogen (secondary N) is 2. The van der Waals surface area contributed by atoms with Crippen LogP contribution in [0.1, 0.15) is 30.0 Å². The fourth-order valence-corrected chi connectivity index (χ4v) is 3.05. The van der Waals surface area contributed by atoms with Gasteiger partial charge in [-0.3, -0.25) is 4.99 Å². The van der Waals surface area contributed by atoms with Crippen LogP contribution in [0, 0.1) is 19.8 Å². The summed E-state index contributed by atoms with van der Waals surface area (Å²) >= 11 is 0. The standard InChI is InChI=1S/C18H30N4/c1-5-22-9-8-16(13-22)11-20-18(19-4)21-12-17-7-6-14(2)10-15(17)3/h6-7,10,16H,5,8-9,11-13H2,1-4H3,(H2,19,20,21). The van der Waals surface area contributed by atoms with E-state index in [9.17, 15) is 0 Å². The van der Waals surface area contributed by atoms with Crippen LogP contribution in [0.3, 0.4) is 0 Å². The summed E-state index contributed by atoms with van der Waals surface area (Å²) in [5.74, 6) is 1.63. The third kappa shape index (κ3) is 4.73. The van der Waals surface area contributed by atoms with Crippen LogP contribution in [0.15, 0.2) is 23.2 Å². The molecule has 4 nitrogen and oxygen atoms in total. The Morgan fingerprint density at radius 2 is 2.14 bits per heavy atom. The topological polar surface area (TPSA) is 39.7 Å². The zero-order valence-corrected chi connectivity index (χ0v) is 14.4. The average Bonchev–Trinajstić information content (AvgIpc) is 2.97. The van der Waals surface area contributed by atoms with Crippen molar-refractivity contribution in [2.75, 3.05) is 33.2 Å².